The van der Waals surface area contributed by atoms with Crippen LogP contribution < -0.4 is 10.2 Å². The fraction of sp³-hybridized carbons (Fsp3) is 0.462. The normalized spacial score (nSPS) is 20.8. The summed E-state index contributed by atoms with van der Waals surface area (Å²) >= 11 is 0. The number of nitrogens with zero attached hydrogens (tertiary/aromatic N) is 2. The van der Waals surface area contributed by atoms with Gasteiger partial charge in [-0.2, -0.15) is 0 Å². The molecule has 1 aromatic rings. The number of carbonyl (C=O) groups is 1. The van der Waals surface area contributed by atoms with Crippen molar-refractivity contribution in [1.82, 2.24) is 10.2 Å². The summed E-state index contributed by atoms with van der Waals surface area (Å²) in [5, 5.41) is 3.18. The van der Waals surface area contributed by atoms with Gasteiger partial charge >= 0.3 is 6.03 Å². The molecule has 1 aliphatic heterocycles. The van der Waals surface area contributed by atoms with Gasteiger partial charge in [-0.25, -0.2) is 4.79 Å². The molecule has 1 saturated heterocycles. The molecule has 0 saturated carbocycles. The summed E-state index contributed by atoms with van der Waals surface area (Å²) in [4.78, 5) is 15.7. The molecule has 1 fully saturated rings. The molecule has 1 heterocycles. The zero-order valence-corrected chi connectivity index (χ0v) is 10.4. The van der Waals surface area contributed by atoms with Crippen molar-refractivity contribution in [3.8, 4) is 0 Å². The number of carbonyl (C=O) groups excluding carboxylic acids is 1. The van der Waals surface area contributed by atoms with Crippen LogP contribution in [0.15, 0.2) is 30.3 Å². The van der Waals surface area contributed by atoms with E-state index in [4.69, 9.17) is 0 Å². The quantitative estimate of drug-likeness (QED) is 0.856. The molecule has 1 N–H and O–H groups in total. The predicted molar refractivity (Wildman–Crippen MR) is 69.2 cm³/mol. The van der Waals surface area contributed by atoms with Crippen molar-refractivity contribution in [3.05, 3.63) is 30.3 Å². The Hall–Kier alpha value is -1.55. The third-order valence-electron chi connectivity index (χ3n) is 3.09. The molecule has 4 heteroatoms. The molecular weight excluding hydrogens is 214 g/mol. The molecule has 92 valence electrons. The fourth-order valence-corrected chi connectivity index (χ4v) is 2.31. The number of urea groups is 1. The monoisotopic (exact) mass is 233 g/mol. The minimum absolute atomic E-state index is 0.0866. The molecule has 1 atom stereocenters. The molecule has 2 amide bonds. The first-order valence-corrected chi connectivity index (χ1v) is 5.94. The topological polar surface area (TPSA) is 35.6 Å². The lowest BCUT2D eigenvalue weighted by Crippen LogP contribution is -2.53. The third kappa shape index (κ3) is 2.58. The van der Waals surface area contributed by atoms with E-state index in [0.29, 0.717) is 5.92 Å². The van der Waals surface area contributed by atoms with Crippen molar-refractivity contribution >= 4 is 11.7 Å². The average Bonchev–Trinajstić information content (AvgIpc) is 2.35. The fourth-order valence-electron chi connectivity index (χ4n) is 2.31. The second-order valence-electron chi connectivity index (χ2n) is 4.53. The molecule has 0 radical (unpaired) electrons. The smallest absolute Gasteiger partial charge is 0.324 e. The molecule has 0 aliphatic carbocycles. The molecule has 0 spiro atoms. The largest absolute Gasteiger partial charge is 0.327 e. The molecule has 2 rings (SSSR count). The molecule has 1 unspecified atom stereocenters. The minimum atomic E-state index is 0.0866. The van der Waals surface area contributed by atoms with Gasteiger partial charge in [0.2, 0.25) is 0 Å². The van der Waals surface area contributed by atoms with E-state index >= 15 is 0 Å². The molecule has 1 aliphatic rings. The van der Waals surface area contributed by atoms with E-state index < -0.39 is 0 Å². The predicted octanol–water partition coefficient (Wildman–Crippen LogP) is 1.39. The number of rotatable bonds is 3. The van der Waals surface area contributed by atoms with Crippen LogP contribution in [0, 0.1) is 5.92 Å². The number of para-hydroxylation sites is 1. The highest BCUT2D eigenvalue weighted by atomic mass is 16.2. The minimum Gasteiger partial charge on any atom is -0.327 e. The molecule has 0 bridgehead atoms. The third-order valence-corrected chi connectivity index (χ3v) is 3.09. The summed E-state index contributed by atoms with van der Waals surface area (Å²) in [7, 11) is 3.81. The first-order valence-electron chi connectivity index (χ1n) is 5.94. The summed E-state index contributed by atoms with van der Waals surface area (Å²) in [6.45, 7) is 2.54. The number of hydrogen-bond acceptors (Lipinski definition) is 2. The van der Waals surface area contributed by atoms with Crippen molar-refractivity contribution in [1.29, 1.82) is 0 Å². The summed E-state index contributed by atoms with van der Waals surface area (Å²) in [5.41, 5.74) is 0.977. The summed E-state index contributed by atoms with van der Waals surface area (Å²) < 4.78 is 0. The van der Waals surface area contributed by atoms with E-state index in [1.165, 1.54) is 0 Å². The van der Waals surface area contributed by atoms with Crippen molar-refractivity contribution in [2.24, 2.45) is 5.92 Å². The van der Waals surface area contributed by atoms with Crippen molar-refractivity contribution in [3.63, 3.8) is 0 Å². The lowest BCUT2D eigenvalue weighted by atomic mass is 10.1. The zero-order chi connectivity index (χ0) is 12.3. The van der Waals surface area contributed by atoms with Crippen LogP contribution in [0.4, 0.5) is 10.5 Å². The molecule has 1 aromatic carbocycles. The highest BCUT2D eigenvalue weighted by Gasteiger charge is 2.29. The van der Waals surface area contributed by atoms with Crippen LogP contribution in [-0.4, -0.2) is 44.7 Å². The van der Waals surface area contributed by atoms with Gasteiger partial charge in [-0.3, -0.25) is 4.90 Å². The van der Waals surface area contributed by atoms with Crippen molar-refractivity contribution in [2.45, 2.75) is 0 Å². The Labute approximate surface area is 102 Å². The van der Waals surface area contributed by atoms with E-state index in [2.05, 4.69) is 5.32 Å². The van der Waals surface area contributed by atoms with Crippen LogP contribution in [0.1, 0.15) is 0 Å². The Morgan fingerprint density at radius 3 is 2.65 bits per heavy atom. The second-order valence-corrected chi connectivity index (χ2v) is 4.53. The van der Waals surface area contributed by atoms with Crippen LogP contribution in [0.2, 0.25) is 0 Å². The van der Waals surface area contributed by atoms with E-state index in [-0.39, 0.29) is 6.03 Å². The Balaban J connectivity index is 2.17. The zero-order valence-electron chi connectivity index (χ0n) is 10.4. The number of benzene rings is 1. The molecular formula is C13H19N3O. The van der Waals surface area contributed by atoms with Crippen LogP contribution >= 0.6 is 0 Å². The van der Waals surface area contributed by atoms with Crippen LogP contribution in [0.5, 0.6) is 0 Å². The molecule has 0 aromatic heterocycles. The second kappa shape index (κ2) is 5.19. The molecule has 4 nitrogen and oxygen atoms in total. The van der Waals surface area contributed by atoms with Crippen LogP contribution in [-0.2, 0) is 0 Å². The number of hydrogen-bond donors (Lipinski definition) is 1. The van der Waals surface area contributed by atoms with Gasteiger partial charge in [0.1, 0.15) is 0 Å². The number of nitrogens with one attached hydrogen (secondary N) is 1. The number of anilines is 1. The summed E-state index contributed by atoms with van der Waals surface area (Å²) in [5.74, 6) is 0.475. The maximum Gasteiger partial charge on any atom is 0.324 e. The highest BCUT2D eigenvalue weighted by Crippen LogP contribution is 2.21. The Morgan fingerprint density at radius 2 is 2.00 bits per heavy atom. The summed E-state index contributed by atoms with van der Waals surface area (Å²) in [6, 6.07) is 9.94. The van der Waals surface area contributed by atoms with Gasteiger partial charge in [-0.1, -0.05) is 18.2 Å². The lowest BCUT2D eigenvalue weighted by Gasteiger charge is -2.38. The van der Waals surface area contributed by atoms with E-state index in [0.717, 1.165) is 25.3 Å². The Kier molecular flexibility index (Phi) is 3.64. The van der Waals surface area contributed by atoms with Gasteiger partial charge in [0.05, 0.1) is 0 Å². The van der Waals surface area contributed by atoms with Gasteiger partial charge in [-0.05, 0) is 19.2 Å². The number of amides is 2. The van der Waals surface area contributed by atoms with E-state index in [1.54, 1.807) is 4.90 Å². The van der Waals surface area contributed by atoms with Gasteiger partial charge in [0, 0.05) is 38.3 Å². The standard InChI is InChI=1S/C13H19N3O/c1-14-8-11-9-15(2)13(17)16(10-11)12-6-4-3-5-7-12/h3-7,11,14H,8-10H2,1-2H3. The average molecular weight is 233 g/mol. The maximum absolute atomic E-state index is 12.1. The molecule has 17 heavy (non-hydrogen) atoms. The van der Waals surface area contributed by atoms with Gasteiger partial charge in [-0.15, -0.1) is 0 Å². The van der Waals surface area contributed by atoms with E-state index in [9.17, 15) is 4.79 Å². The lowest BCUT2D eigenvalue weighted by molar-refractivity contribution is 0.192. The SMILES string of the molecule is CNCC1CN(C)C(=O)N(c2ccccc2)C1. The maximum atomic E-state index is 12.1. The van der Waals surface area contributed by atoms with Crippen molar-refractivity contribution < 1.29 is 4.79 Å². The summed E-state index contributed by atoms with van der Waals surface area (Å²) in [6.07, 6.45) is 0. The first kappa shape index (κ1) is 11.9. The van der Waals surface area contributed by atoms with Crippen molar-refractivity contribution in [2.75, 3.05) is 38.6 Å². The van der Waals surface area contributed by atoms with Gasteiger partial charge in [0.25, 0.3) is 0 Å². The van der Waals surface area contributed by atoms with E-state index in [1.807, 2.05) is 49.3 Å². The highest BCUT2D eigenvalue weighted by molar-refractivity contribution is 5.92. The van der Waals surface area contributed by atoms with Gasteiger partial charge in [0.15, 0.2) is 0 Å². The Morgan fingerprint density at radius 1 is 1.29 bits per heavy atom. The van der Waals surface area contributed by atoms with Crippen LogP contribution in [0.3, 0.4) is 0 Å². The van der Waals surface area contributed by atoms with Crippen LogP contribution in [0.25, 0.3) is 0 Å². The first-order chi connectivity index (χ1) is 8.22. The van der Waals surface area contributed by atoms with Gasteiger partial charge < -0.3 is 10.2 Å². The Bertz CT molecular complexity index is 380.